The van der Waals surface area contributed by atoms with Crippen molar-refractivity contribution >= 4 is 21.7 Å². The molecule has 6 aromatic rings. The highest BCUT2D eigenvalue weighted by Gasteiger charge is 2.06. The van der Waals surface area contributed by atoms with Crippen molar-refractivity contribution in [1.29, 1.82) is 0 Å². The average molecular weight is 426 g/mol. The molecule has 0 saturated carbocycles. The van der Waals surface area contributed by atoms with E-state index >= 15 is 0 Å². The van der Waals surface area contributed by atoms with Crippen LogP contribution in [0.5, 0.6) is 0 Å². The number of aromatic nitrogens is 1. The molecule has 0 saturated heterocycles. The van der Waals surface area contributed by atoms with E-state index in [1.165, 1.54) is 34.0 Å². The van der Waals surface area contributed by atoms with Gasteiger partial charge in [0.1, 0.15) is 5.82 Å². The molecule has 0 atom stereocenters. The minimum absolute atomic E-state index is 0.228. The molecule has 0 spiro atoms. The highest BCUT2D eigenvalue weighted by molar-refractivity contribution is 5.89. The van der Waals surface area contributed by atoms with Crippen LogP contribution < -0.4 is 0 Å². The van der Waals surface area contributed by atoms with Crippen LogP contribution in [-0.4, -0.2) is 4.98 Å². The summed E-state index contributed by atoms with van der Waals surface area (Å²) in [4.78, 5) is 4.70. The highest BCUT2D eigenvalue weighted by Crippen LogP contribution is 2.30. The van der Waals surface area contributed by atoms with Crippen LogP contribution in [0, 0.1) is 5.82 Å². The van der Waals surface area contributed by atoms with E-state index in [2.05, 4.69) is 91.0 Å². The van der Waals surface area contributed by atoms with E-state index in [1.54, 1.807) is 12.1 Å². The molecule has 6 rings (SSSR count). The summed E-state index contributed by atoms with van der Waals surface area (Å²) < 4.78 is 13.2. The number of hydrogen-bond donors (Lipinski definition) is 0. The van der Waals surface area contributed by atoms with E-state index in [0.717, 1.165) is 33.2 Å². The molecule has 1 nitrogen and oxygen atoms in total. The summed E-state index contributed by atoms with van der Waals surface area (Å²) in [6.45, 7) is 0. The van der Waals surface area contributed by atoms with Crippen LogP contribution in [0.15, 0.2) is 121 Å². The highest BCUT2D eigenvalue weighted by atomic mass is 19.1. The molecule has 0 N–H and O–H groups in total. The first-order valence-corrected chi connectivity index (χ1v) is 11.0. The van der Waals surface area contributed by atoms with Gasteiger partial charge < -0.3 is 0 Å². The van der Waals surface area contributed by atoms with Gasteiger partial charge in [-0.2, -0.15) is 0 Å². The van der Waals surface area contributed by atoms with Gasteiger partial charge in [0.15, 0.2) is 0 Å². The molecule has 1 aromatic heterocycles. The fraction of sp³-hybridized carbons (Fsp3) is 0. The van der Waals surface area contributed by atoms with E-state index in [-0.39, 0.29) is 5.82 Å². The molecule has 2 heteroatoms. The van der Waals surface area contributed by atoms with Gasteiger partial charge in [-0.15, -0.1) is 0 Å². The number of hydrogen-bond acceptors (Lipinski definition) is 1. The normalized spacial score (nSPS) is 11.2. The first kappa shape index (κ1) is 19.4. The zero-order valence-corrected chi connectivity index (χ0v) is 17.9. The predicted octanol–water partition coefficient (Wildman–Crippen LogP) is 8.53. The summed E-state index contributed by atoms with van der Waals surface area (Å²) in [6, 6.07) is 38.6. The number of fused-ring (bicyclic) bond motifs is 2. The molecule has 156 valence electrons. The summed E-state index contributed by atoms with van der Waals surface area (Å²) >= 11 is 0. The maximum absolute atomic E-state index is 13.2. The SMILES string of the molecule is Fc1ccc(-c2ccc3cc(-c4ccc(-c5ccc6ccccc6c5)cc4)cnc3c2)cc1. The summed E-state index contributed by atoms with van der Waals surface area (Å²) in [6.07, 6.45) is 1.92. The van der Waals surface area contributed by atoms with Gasteiger partial charge in [0.25, 0.3) is 0 Å². The Morgan fingerprint density at radius 2 is 0.939 bits per heavy atom. The van der Waals surface area contributed by atoms with Crippen LogP contribution in [0.1, 0.15) is 0 Å². The van der Waals surface area contributed by atoms with E-state index in [1.807, 2.05) is 6.20 Å². The topological polar surface area (TPSA) is 12.9 Å². The minimum Gasteiger partial charge on any atom is -0.256 e. The predicted molar refractivity (Wildman–Crippen MR) is 136 cm³/mol. The van der Waals surface area contributed by atoms with Crippen LogP contribution in [-0.2, 0) is 0 Å². The Kier molecular flexibility index (Phi) is 4.70. The Bertz CT molecular complexity index is 1600. The number of pyridine rings is 1. The third kappa shape index (κ3) is 3.77. The Morgan fingerprint density at radius 3 is 1.67 bits per heavy atom. The zero-order chi connectivity index (χ0) is 22.2. The molecule has 33 heavy (non-hydrogen) atoms. The van der Waals surface area contributed by atoms with Gasteiger partial charge in [-0.05, 0) is 68.9 Å². The van der Waals surface area contributed by atoms with Crippen molar-refractivity contribution < 1.29 is 4.39 Å². The summed E-state index contributed by atoms with van der Waals surface area (Å²) in [5.74, 6) is -0.228. The Morgan fingerprint density at radius 1 is 0.424 bits per heavy atom. The second kappa shape index (κ2) is 7.99. The summed E-state index contributed by atoms with van der Waals surface area (Å²) in [7, 11) is 0. The maximum atomic E-state index is 13.2. The van der Waals surface area contributed by atoms with Gasteiger partial charge in [0.2, 0.25) is 0 Å². The van der Waals surface area contributed by atoms with Gasteiger partial charge in [0.05, 0.1) is 5.52 Å². The average Bonchev–Trinajstić information content (AvgIpc) is 2.88. The number of halogens is 1. The van der Waals surface area contributed by atoms with Crippen molar-refractivity contribution in [2.75, 3.05) is 0 Å². The quantitative estimate of drug-likeness (QED) is 0.277. The van der Waals surface area contributed by atoms with E-state index in [0.29, 0.717) is 0 Å². The molecule has 0 amide bonds. The Labute approximate surface area is 191 Å². The zero-order valence-electron chi connectivity index (χ0n) is 17.9. The molecular formula is C31H20FN. The molecule has 0 aliphatic rings. The maximum Gasteiger partial charge on any atom is 0.123 e. The first-order valence-electron chi connectivity index (χ1n) is 11.0. The lowest BCUT2D eigenvalue weighted by molar-refractivity contribution is 0.628. The van der Waals surface area contributed by atoms with Crippen molar-refractivity contribution in [3.8, 4) is 33.4 Å². The second-order valence-electron chi connectivity index (χ2n) is 8.28. The second-order valence-corrected chi connectivity index (χ2v) is 8.28. The van der Waals surface area contributed by atoms with Crippen LogP contribution >= 0.6 is 0 Å². The third-order valence-electron chi connectivity index (χ3n) is 6.16. The number of rotatable bonds is 3. The van der Waals surface area contributed by atoms with Crippen molar-refractivity contribution in [2.24, 2.45) is 0 Å². The standard InChI is InChI=1S/C31H20FN/c32-30-15-13-23(14-16-30)27-11-12-28-18-29(20-33-31(28)19-27)24-7-5-22(6-8-24)26-10-9-21-3-1-2-4-25(21)17-26/h1-20H. The van der Waals surface area contributed by atoms with Gasteiger partial charge >= 0.3 is 0 Å². The van der Waals surface area contributed by atoms with Crippen molar-refractivity contribution in [2.45, 2.75) is 0 Å². The van der Waals surface area contributed by atoms with Gasteiger partial charge in [0, 0.05) is 17.1 Å². The molecule has 5 aromatic carbocycles. The molecular weight excluding hydrogens is 405 g/mol. The van der Waals surface area contributed by atoms with Crippen molar-refractivity contribution in [1.82, 2.24) is 4.98 Å². The molecule has 0 aliphatic carbocycles. The van der Waals surface area contributed by atoms with Crippen LogP contribution in [0.25, 0.3) is 55.1 Å². The molecule has 0 aliphatic heterocycles. The largest absolute Gasteiger partial charge is 0.256 e. The fourth-order valence-corrected chi connectivity index (χ4v) is 4.33. The van der Waals surface area contributed by atoms with Crippen LogP contribution in [0.2, 0.25) is 0 Å². The monoisotopic (exact) mass is 425 g/mol. The van der Waals surface area contributed by atoms with Crippen molar-refractivity contribution in [3.63, 3.8) is 0 Å². The van der Waals surface area contributed by atoms with E-state index < -0.39 is 0 Å². The van der Waals surface area contributed by atoms with E-state index in [4.69, 9.17) is 4.98 Å². The van der Waals surface area contributed by atoms with Crippen LogP contribution in [0.3, 0.4) is 0 Å². The lowest BCUT2D eigenvalue weighted by atomic mass is 9.98. The number of nitrogens with zero attached hydrogens (tertiary/aromatic N) is 1. The molecule has 0 unspecified atom stereocenters. The van der Waals surface area contributed by atoms with Gasteiger partial charge in [-0.3, -0.25) is 4.98 Å². The smallest absolute Gasteiger partial charge is 0.123 e. The van der Waals surface area contributed by atoms with Crippen LogP contribution in [0.4, 0.5) is 4.39 Å². The minimum atomic E-state index is -0.228. The van der Waals surface area contributed by atoms with E-state index in [9.17, 15) is 4.39 Å². The third-order valence-corrected chi connectivity index (χ3v) is 6.16. The summed E-state index contributed by atoms with van der Waals surface area (Å²) in [5, 5.41) is 3.58. The fourth-order valence-electron chi connectivity index (χ4n) is 4.33. The lowest BCUT2D eigenvalue weighted by Crippen LogP contribution is -1.86. The van der Waals surface area contributed by atoms with Crippen molar-refractivity contribution in [3.05, 3.63) is 127 Å². The molecule has 0 bridgehead atoms. The van der Waals surface area contributed by atoms with Gasteiger partial charge in [-0.1, -0.05) is 84.9 Å². The van der Waals surface area contributed by atoms with Gasteiger partial charge in [-0.25, -0.2) is 4.39 Å². The molecule has 0 radical (unpaired) electrons. The first-order chi connectivity index (χ1) is 16.2. The molecule has 1 heterocycles. The summed E-state index contributed by atoms with van der Waals surface area (Å²) in [5.41, 5.74) is 7.57. The Hall–Kier alpha value is -4.30. The number of benzene rings is 5. The lowest BCUT2D eigenvalue weighted by Gasteiger charge is -2.08. The molecule has 0 fully saturated rings. The Balaban J connectivity index is 1.30.